The molecule has 1 nitrogen and oxygen atoms in total. The van der Waals surface area contributed by atoms with Crippen molar-refractivity contribution in [1.82, 2.24) is 0 Å². The molecule has 0 aromatic heterocycles. The summed E-state index contributed by atoms with van der Waals surface area (Å²) in [6, 6.07) is 0. The first kappa shape index (κ1) is 10.7. The Labute approximate surface area is 81.9 Å². The predicted molar refractivity (Wildman–Crippen MR) is 55.3 cm³/mol. The Bertz CT molecular complexity index is 184. The summed E-state index contributed by atoms with van der Waals surface area (Å²) in [5.41, 5.74) is 0. The molecule has 0 amide bonds. The summed E-state index contributed by atoms with van der Waals surface area (Å²) in [5.74, 6) is 3.53. The molecule has 1 heteroatoms. The van der Waals surface area contributed by atoms with E-state index in [-0.39, 0.29) is 5.92 Å². The van der Waals surface area contributed by atoms with Gasteiger partial charge in [0.15, 0.2) is 0 Å². The number of hydrogen-bond acceptors (Lipinski definition) is 1. The van der Waals surface area contributed by atoms with Crippen LogP contribution in [0.5, 0.6) is 0 Å². The standard InChI is InChI=1S/C12H21O/c1-8(2)11-6-5-9(3)12(7-11)10(4)13/h8,11-12H,5-7H2,1-4H3. The summed E-state index contributed by atoms with van der Waals surface area (Å²) in [4.78, 5) is 11.4. The van der Waals surface area contributed by atoms with Crippen molar-refractivity contribution in [3.05, 3.63) is 5.92 Å². The topological polar surface area (TPSA) is 17.1 Å². The summed E-state index contributed by atoms with van der Waals surface area (Å²) in [6.07, 6.45) is 3.54. The molecule has 1 aliphatic carbocycles. The molecule has 0 saturated heterocycles. The van der Waals surface area contributed by atoms with Crippen LogP contribution in [-0.4, -0.2) is 5.78 Å². The molecule has 1 fully saturated rings. The van der Waals surface area contributed by atoms with Crippen molar-refractivity contribution in [2.45, 2.75) is 47.0 Å². The van der Waals surface area contributed by atoms with Gasteiger partial charge < -0.3 is 0 Å². The molecule has 0 aromatic carbocycles. The van der Waals surface area contributed by atoms with Crippen molar-refractivity contribution >= 4 is 5.78 Å². The average molecular weight is 181 g/mol. The lowest BCUT2D eigenvalue weighted by atomic mass is 9.70. The van der Waals surface area contributed by atoms with Crippen LogP contribution in [0.25, 0.3) is 0 Å². The fourth-order valence-electron chi connectivity index (χ4n) is 2.33. The monoisotopic (exact) mass is 181 g/mol. The zero-order valence-electron chi connectivity index (χ0n) is 9.26. The van der Waals surface area contributed by atoms with Crippen LogP contribution < -0.4 is 0 Å². The fraction of sp³-hybridized carbons (Fsp3) is 0.833. The third-order valence-corrected chi connectivity index (χ3v) is 3.48. The van der Waals surface area contributed by atoms with E-state index in [4.69, 9.17) is 0 Å². The molecule has 0 bridgehead atoms. The second kappa shape index (κ2) is 4.26. The van der Waals surface area contributed by atoms with Crippen LogP contribution >= 0.6 is 0 Å². The van der Waals surface area contributed by atoms with Crippen LogP contribution in [0.4, 0.5) is 0 Å². The molecule has 1 rings (SSSR count). The van der Waals surface area contributed by atoms with Crippen molar-refractivity contribution in [3.63, 3.8) is 0 Å². The molecule has 13 heavy (non-hydrogen) atoms. The van der Waals surface area contributed by atoms with Gasteiger partial charge in [-0.05, 0) is 43.9 Å². The smallest absolute Gasteiger partial charge is 0.133 e. The number of hydrogen-bond donors (Lipinski definition) is 0. The van der Waals surface area contributed by atoms with E-state index in [0.29, 0.717) is 5.78 Å². The van der Waals surface area contributed by atoms with Crippen molar-refractivity contribution in [3.8, 4) is 0 Å². The summed E-state index contributed by atoms with van der Waals surface area (Å²) in [7, 11) is 0. The second-order valence-corrected chi connectivity index (χ2v) is 4.79. The second-order valence-electron chi connectivity index (χ2n) is 4.79. The van der Waals surface area contributed by atoms with Gasteiger partial charge in [-0.15, -0.1) is 0 Å². The molecular formula is C12H21O. The molecule has 0 spiro atoms. The number of carbonyl (C=O) groups excluding carboxylic acids is 1. The Morgan fingerprint density at radius 1 is 1.46 bits per heavy atom. The first-order chi connectivity index (χ1) is 6.02. The molecule has 75 valence electrons. The van der Waals surface area contributed by atoms with Crippen molar-refractivity contribution in [2.24, 2.45) is 17.8 Å². The Kier molecular flexibility index (Phi) is 3.52. The fourth-order valence-corrected chi connectivity index (χ4v) is 2.33. The van der Waals surface area contributed by atoms with E-state index >= 15 is 0 Å². The summed E-state index contributed by atoms with van der Waals surface area (Å²) in [6.45, 7) is 8.41. The van der Waals surface area contributed by atoms with Gasteiger partial charge in [0.2, 0.25) is 0 Å². The average Bonchev–Trinajstić information content (AvgIpc) is 2.04. The maximum Gasteiger partial charge on any atom is 0.133 e. The number of rotatable bonds is 2. The van der Waals surface area contributed by atoms with Gasteiger partial charge in [0.05, 0.1) is 0 Å². The number of Topliss-reactive ketones (excluding diaryl/α,β-unsaturated/α-hetero) is 1. The highest BCUT2D eigenvalue weighted by atomic mass is 16.1. The minimum atomic E-state index is 0.265. The van der Waals surface area contributed by atoms with Gasteiger partial charge >= 0.3 is 0 Å². The zero-order chi connectivity index (χ0) is 10.0. The molecule has 1 saturated carbocycles. The van der Waals surface area contributed by atoms with Crippen molar-refractivity contribution in [2.75, 3.05) is 0 Å². The number of ketones is 1. The van der Waals surface area contributed by atoms with E-state index in [2.05, 4.69) is 20.8 Å². The van der Waals surface area contributed by atoms with Crippen molar-refractivity contribution in [1.29, 1.82) is 0 Å². The van der Waals surface area contributed by atoms with Gasteiger partial charge in [0.1, 0.15) is 5.78 Å². The van der Waals surface area contributed by atoms with E-state index in [9.17, 15) is 4.79 Å². The van der Waals surface area contributed by atoms with Crippen molar-refractivity contribution < 1.29 is 4.79 Å². The molecule has 0 aliphatic heterocycles. The third kappa shape index (κ3) is 2.55. The largest absolute Gasteiger partial charge is 0.300 e. The molecule has 0 heterocycles. The van der Waals surface area contributed by atoms with Crippen LogP contribution in [0.2, 0.25) is 0 Å². The SMILES string of the molecule is C[C]1CCC(C(C)C)CC1C(C)=O. The molecule has 0 aromatic rings. The maximum absolute atomic E-state index is 11.4. The highest BCUT2D eigenvalue weighted by molar-refractivity contribution is 5.80. The Morgan fingerprint density at radius 2 is 2.08 bits per heavy atom. The number of carbonyl (C=O) groups is 1. The minimum Gasteiger partial charge on any atom is -0.300 e. The lowest BCUT2D eigenvalue weighted by Crippen LogP contribution is -2.28. The summed E-state index contributed by atoms with van der Waals surface area (Å²) < 4.78 is 0. The van der Waals surface area contributed by atoms with Gasteiger partial charge in [-0.3, -0.25) is 4.79 Å². The van der Waals surface area contributed by atoms with Crippen LogP contribution in [-0.2, 0) is 4.79 Å². The Hall–Kier alpha value is -0.330. The van der Waals surface area contributed by atoms with Crippen LogP contribution in [0.3, 0.4) is 0 Å². The molecule has 2 atom stereocenters. The van der Waals surface area contributed by atoms with Gasteiger partial charge in [-0.2, -0.15) is 0 Å². The van der Waals surface area contributed by atoms with E-state index in [0.717, 1.165) is 24.7 Å². The molecule has 1 radical (unpaired) electrons. The Morgan fingerprint density at radius 3 is 2.54 bits per heavy atom. The first-order valence-corrected chi connectivity index (χ1v) is 5.35. The first-order valence-electron chi connectivity index (χ1n) is 5.35. The summed E-state index contributed by atoms with van der Waals surface area (Å²) >= 11 is 0. The molecule has 1 aliphatic rings. The van der Waals surface area contributed by atoms with Gasteiger partial charge in [0.25, 0.3) is 0 Å². The van der Waals surface area contributed by atoms with Crippen LogP contribution in [0.15, 0.2) is 0 Å². The highest BCUT2D eigenvalue weighted by Crippen LogP contribution is 2.38. The molecule has 2 unspecified atom stereocenters. The van der Waals surface area contributed by atoms with Crippen LogP contribution in [0.1, 0.15) is 47.0 Å². The lowest BCUT2D eigenvalue weighted by molar-refractivity contribution is -0.121. The minimum absolute atomic E-state index is 0.265. The lowest BCUT2D eigenvalue weighted by Gasteiger charge is -2.34. The predicted octanol–water partition coefficient (Wildman–Crippen LogP) is 3.24. The maximum atomic E-state index is 11.4. The van der Waals surface area contributed by atoms with Gasteiger partial charge in [-0.25, -0.2) is 0 Å². The van der Waals surface area contributed by atoms with E-state index in [1.54, 1.807) is 6.92 Å². The highest BCUT2D eigenvalue weighted by Gasteiger charge is 2.31. The van der Waals surface area contributed by atoms with Crippen LogP contribution in [0, 0.1) is 23.7 Å². The van der Waals surface area contributed by atoms with E-state index in [1.807, 2.05) is 0 Å². The third-order valence-electron chi connectivity index (χ3n) is 3.48. The van der Waals surface area contributed by atoms with E-state index in [1.165, 1.54) is 12.3 Å². The van der Waals surface area contributed by atoms with Gasteiger partial charge in [-0.1, -0.05) is 20.8 Å². The summed E-state index contributed by atoms with van der Waals surface area (Å²) in [5, 5.41) is 0. The molecule has 0 N–H and O–H groups in total. The normalized spacial score (nSPS) is 30.8. The Balaban J connectivity index is 2.58. The van der Waals surface area contributed by atoms with E-state index < -0.39 is 0 Å². The molecular weight excluding hydrogens is 160 g/mol. The quantitative estimate of drug-likeness (QED) is 0.639. The zero-order valence-corrected chi connectivity index (χ0v) is 9.26. The van der Waals surface area contributed by atoms with Gasteiger partial charge in [0, 0.05) is 5.92 Å².